The summed E-state index contributed by atoms with van der Waals surface area (Å²) in [6, 6.07) is 0. The number of hydrogen-bond donors (Lipinski definition) is 1. The normalized spacial score (nSPS) is 20.1. The molecular weight excluding hydrogens is 254 g/mol. The van der Waals surface area contributed by atoms with Crippen molar-refractivity contribution < 1.29 is 0 Å². The van der Waals surface area contributed by atoms with Crippen molar-refractivity contribution in [3.05, 3.63) is 16.1 Å². The fourth-order valence-corrected chi connectivity index (χ4v) is 3.16. The molecule has 1 saturated heterocycles. The molecular formula is C15H27N3S. The molecule has 4 heteroatoms. The van der Waals surface area contributed by atoms with Crippen LogP contribution in [0.4, 0.5) is 0 Å². The predicted octanol–water partition coefficient (Wildman–Crippen LogP) is 3.26. The molecule has 0 aliphatic carbocycles. The highest BCUT2D eigenvalue weighted by atomic mass is 32.1. The molecule has 0 amide bonds. The standard InChI is InChI=1S/C15H27N3S/c1-14(2,3)16-8-13-17-12(10-19-13)9-18-7-6-15(4,5)11-18/h10,16H,6-9,11H2,1-5H3. The maximum Gasteiger partial charge on any atom is 0.107 e. The van der Waals surface area contributed by atoms with Crippen molar-refractivity contribution >= 4 is 11.3 Å². The van der Waals surface area contributed by atoms with Crippen molar-refractivity contribution in [2.45, 2.75) is 59.7 Å². The van der Waals surface area contributed by atoms with E-state index < -0.39 is 0 Å². The first-order valence-electron chi connectivity index (χ1n) is 7.14. The fraction of sp³-hybridized carbons (Fsp3) is 0.800. The molecule has 108 valence electrons. The average molecular weight is 281 g/mol. The van der Waals surface area contributed by atoms with Crippen LogP contribution in [0, 0.1) is 5.41 Å². The summed E-state index contributed by atoms with van der Waals surface area (Å²) in [5, 5.41) is 6.90. The van der Waals surface area contributed by atoms with Gasteiger partial charge >= 0.3 is 0 Å². The van der Waals surface area contributed by atoms with Crippen LogP contribution in [-0.2, 0) is 13.1 Å². The lowest BCUT2D eigenvalue weighted by Crippen LogP contribution is -2.35. The van der Waals surface area contributed by atoms with Gasteiger partial charge < -0.3 is 5.32 Å². The highest BCUT2D eigenvalue weighted by Crippen LogP contribution is 2.29. The summed E-state index contributed by atoms with van der Waals surface area (Å²) in [6.45, 7) is 15.6. The summed E-state index contributed by atoms with van der Waals surface area (Å²) in [6.07, 6.45) is 1.30. The highest BCUT2D eigenvalue weighted by Gasteiger charge is 2.29. The van der Waals surface area contributed by atoms with E-state index in [0.717, 1.165) is 13.1 Å². The summed E-state index contributed by atoms with van der Waals surface area (Å²) < 4.78 is 0. The second kappa shape index (κ2) is 5.51. The molecule has 0 radical (unpaired) electrons. The number of nitrogens with one attached hydrogen (secondary N) is 1. The van der Waals surface area contributed by atoms with E-state index in [0.29, 0.717) is 5.41 Å². The van der Waals surface area contributed by atoms with E-state index in [1.807, 2.05) is 0 Å². The van der Waals surface area contributed by atoms with Crippen LogP contribution >= 0.6 is 11.3 Å². The van der Waals surface area contributed by atoms with Gasteiger partial charge in [-0.15, -0.1) is 11.3 Å². The minimum Gasteiger partial charge on any atom is -0.306 e. The summed E-state index contributed by atoms with van der Waals surface area (Å²) in [4.78, 5) is 7.26. The third-order valence-corrected chi connectivity index (χ3v) is 4.41. The third-order valence-electron chi connectivity index (χ3n) is 3.51. The molecule has 0 unspecified atom stereocenters. The molecule has 0 saturated carbocycles. The second-order valence-corrected chi connectivity index (χ2v) is 8.40. The maximum atomic E-state index is 4.74. The third kappa shape index (κ3) is 4.86. The lowest BCUT2D eigenvalue weighted by molar-refractivity contribution is 0.282. The molecule has 1 aromatic heterocycles. The minimum absolute atomic E-state index is 0.158. The van der Waals surface area contributed by atoms with E-state index in [2.05, 4.69) is 50.2 Å². The van der Waals surface area contributed by atoms with Crippen LogP contribution < -0.4 is 5.32 Å². The van der Waals surface area contributed by atoms with Crippen LogP contribution in [-0.4, -0.2) is 28.5 Å². The van der Waals surface area contributed by atoms with Gasteiger partial charge in [-0.05, 0) is 39.2 Å². The van der Waals surface area contributed by atoms with Gasteiger partial charge in [-0.2, -0.15) is 0 Å². The van der Waals surface area contributed by atoms with Crippen LogP contribution in [0.25, 0.3) is 0 Å². The number of rotatable bonds is 4. The number of nitrogens with zero attached hydrogens (tertiary/aromatic N) is 2. The molecule has 2 rings (SSSR count). The van der Waals surface area contributed by atoms with Crippen LogP contribution in [0.5, 0.6) is 0 Å². The van der Waals surface area contributed by atoms with Crippen molar-refractivity contribution in [1.82, 2.24) is 15.2 Å². The first-order valence-corrected chi connectivity index (χ1v) is 8.02. The molecule has 0 bridgehead atoms. The Morgan fingerprint density at radius 2 is 2.16 bits per heavy atom. The van der Waals surface area contributed by atoms with E-state index in [4.69, 9.17) is 4.98 Å². The Balaban J connectivity index is 1.84. The Labute approximate surface area is 121 Å². The Morgan fingerprint density at radius 3 is 2.74 bits per heavy atom. The molecule has 3 nitrogen and oxygen atoms in total. The fourth-order valence-electron chi connectivity index (χ4n) is 2.43. The smallest absolute Gasteiger partial charge is 0.107 e. The summed E-state index contributed by atoms with van der Waals surface area (Å²) in [7, 11) is 0. The molecule has 0 spiro atoms. The van der Waals surface area contributed by atoms with Crippen molar-refractivity contribution in [3.8, 4) is 0 Å². The summed E-state index contributed by atoms with van der Waals surface area (Å²) in [5.74, 6) is 0. The van der Waals surface area contributed by atoms with E-state index in [1.54, 1.807) is 11.3 Å². The number of thiazole rings is 1. The highest BCUT2D eigenvalue weighted by molar-refractivity contribution is 7.09. The quantitative estimate of drug-likeness (QED) is 0.918. The molecule has 0 aromatic carbocycles. The largest absolute Gasteiger partial charge is 0.306 e. The Hall–Kier alpha value is -0.450. The first kappa shape index (κ1) is 14.9. The van der Waals surface area contributed by atoms with Gasteiger partial charge in [0, 0.05) is 30.6 Å². The topological polar surface area (TPSA) is 28.2 Å². The van der Waals surface area contributed by atoms with Crippen LogP contribution in [0.1, 0.15) is 51.7 Å². The van der Waals surface area contributed by atoms with Gasteiger partial charge in [0.05, 0.1) is 5.69 Å². The van der Waals surface area contributed by atoms with E-state index >= 15 is 0 Å². The van der Waals surface area contributed by atoms with E-state index in [-0.39, 0.29) is 5.54 Å². The van der Waals surface area contributed by atoms with Gasteiger partial charge in [-0.25, -0.2) is 4.98 Å². The minimum atomic E-state index is 0.158. The zero-order valence-electron chi connectivity index (χ0n) is 12.9. The first-order chi connectivity index (χ1) is 8.73. The van der Waals surface area contributed by atoms with Gasteiger partial charge in [0.25, 0.3) is 0 Å². The molecule has 1 aromatic rings. The molecule has 19 heavy (non-hydrogen) atoms. The molecule has 1 aliphatic rings. The lowest BCUT2D eigenvalue weighted by Gasteiger charge is -2.19. The Bertz CT molecular complexity index is 417. The monoisotopic (exact) mass is 281 g/mol. The number of aromatic nitrogens is 1. The molecule has 1 fully saturated rings. The number of hydrogen-bond acceptors (Lipinski definition) is 4. The van der Waals surface area contributed by atoms with Gasteiger partial charge in [-0.1, -0.05) is 13.8 Å². The molecule has 1 aliphatic heterocycles. The summed E-state index contributed by atoms with van der Waals surface area (Å²) >= 11 is 1.77. The maximum absolute atomic E-state index is 4.74. The van der Waals surface area contributed by atoms with Gasteiger partial charge in [0.15, 0.2) is 0 Å². The molecule has 0 atom stereocenters. The zero-order valence-corrected chi connectivity index (χ0v) is 13.7. The molecule has 1 N–H and O–H groups in total. The predicted molar refractivity (Wildman–Crippen MR) is 82.4 cm³/mol. The van der Waals surface area contributed by atoms with Crippen molar-refractivity contribution in [1.29, 1.82) is 0 Å². The summed E-state index contributed by atoms with van der Waals surface area (Å²) in [5.41, 5.74) is 1.87. The van der Waals surface area contributed by atoms with Gasteiger partial charge in [0.2, 0.25) is 0 Å². The Kier molecular flexibility index (Phi) is 4.33. The SMILES string of the molecule is CC1(C)CCN(Cc2csc(CNC(C)(C)C)n2)C1. The Morgan fingerprint density at radius 1 is 1.42 bits per heavy atom. The second-order valence-electron chi connectivity index (χ2n) is 7.46. The van der Waals surface area contributed by atoms with Crippen LogP contribution in [0.3, 0.4) is 0 Å². The number of likely N-dealkylation sites (tertiary alicyclic amines) is 1. The van der Waals surface area contributed by atoms with Gasteiger partial charge in [-0.3, -0.25) is 4.90 Å². The van der Waals surface area contributed by atoms with Gasteiger partial charge in [0.1, 0.15) is 5.01 Å². The van der Waals surface area contributed by atoms with E-state index in [1.165, 1.54) is 30.2 Å². The van der Waals surface area contributed by atoms with E-state index in [9.17, 15) is 0 Å². The van der Waals surface area contributed by atoms with Crippen molar-refractivity contribution in [3.63, 3.8) is 0 Å². The van der Waals surface area contributed by atoms with Crippen LogP contribution in [0.2, 0.25) is 0 Å². The zero-order chi connectivity index (χ0) is 14.1. The molecule has 2 heterocycles. The average Bonchev–Trinajstić information content (AvgIpc) is 2.82. The lowest BCUT2D eigenvalue weighted by atomic mass is 9.93. The van der Waals surface area contributed by atoms with Crippen molar-refractivity contribution in [2.24, 2.45) is 5.41 Å². The van der Waals surface area contributed by atoms with Crippen molar-refractivity contribution in [2.75, 3.05) is 13.1 Å². The van der Waals surface area contributed by atoms with Crippen LogP contribution in [0.15, 0.2) is 5.38 Å².